The Morgan fingerprint density at radius 2 is 2.00 bits per heavy atom. The minimum absolute atomic E-state index is 0.0840. The van der Waals surface area contributed by atoms with Crippen LogP contribution in [0.1, 0.15) is 46.7 Å². The van der Waals surface area contributed by atoms with Crippen LogP contribution in [0.3, 0.4) is 0 Å². The maximum Gasteiger partial charge on any atom is 0.257 e. The molecule has 0 saturated heterocycles. The zero-order chi connectivity index (χ0) is 18.0. The van der Waals surface area contributed by atoms with Crippen molar-refractivity contribution in [1.82, 2.24) is 19.9 Å². The molecule has 1 unspecified atom stereocenters. The van der Waals surface area contributed by atoms with Crippen molar-refractivity contribution >= 4 is 11.6 Å². The van der Waals surface area contributed by atoms with E-state index < -0.39 is 0 Å². The third-order valence-electron chi connectivity index (χ3n) is 4.25. The smallest absolute Gasteiger partial charge is 0.257 e. The molecule has 0 bridgehead atoms. The first kappa shape index (κ1) is 17.0. The van der Waals surface area contributed by atoms with Crippen LogP contribution in [-0.2, 0) is 0 Å². The topological polar surface area (TPSA) is 68.5 Å². The number of hydrogen-bond acceptors (Lipinski definition) is 4. The van der Waals surface area contributed by atoms with Crippen molar-refractivity contribution in [2.24, 2.45) is 0 Å². The van der Waals surface area contributed by atoms with E-state index in [1.807, 2.05) is 51.1 Å². The molecule has 25 heavy (non-hydrogen) atoms. The number of ether oxygens (including phenoxy) is 1. The maximum atomic E-state index is 12.8. The number of nitrogens with one attached hydrogen (secondary N) is 1. The highest BCUT2D eigenvalue weighted by Gasteiger charge is 2.19. The fourth-order valence-corrected chi connectivity index (χ4v) is 2.92. The molecule has 1 atom stereocenters. The van der Waals surface area contributed by atoms with Crippen molar-refractivity contribution < 1.29 is 9.53 Å². The summed E-state index contributed by atoms with van der Waals surface area (Å²) in [6.07, 6.45) is 2.35. The molecule has 0 fully saturated rings. The van der Waals surface area contributed by atoms with Gasteiger partial charge in [-0.1, -0.05) is 19.1 Å². The number of carbonyl (C=O) groups is 1. The fourth-order valence-electron chi connectivity index (χ4n) is 2.92. The van der Waals surface area contributed by atoms with Gasteiger partial charge in [-0.2, -0.15) is 5.10 Å². The van der Waals surface area contributed by atoms with Gasteiger partial charge in [-0.25, -0.2) is 9.50 Å². The molecule has 0 radical (unpaired) electrons. The predicted octanol–water partition coefficient (Wildman–Crippen LogP) is 3.24. The second kappa shape index (κ2) is 6.93. The Balaban J connectivity index is 1.87. The van der Waals surface area contributed by atoms with Crippen LogP contribution in [0.15, 0.2) is 36.5 Å². The average Bonchev–Trinajstić information content (AvgIpc) is 3.04. The molecule has 3 aromatic rings. The number of aromatic nitrogens is 3. The van der Waals surface area contributed by atoms with E-state index in [9.17, 15) is 4.79 Å². The van der Waals surface area contributed by atoms with E-state index >= 15 is 0 Å². The number of hydrogen-bond donors (Lipinski definition) is 1. The molecule has 1 aromatic carbocycles. The lowest BCUT2D eigenvalue weighted by Gasteiger charge is -2.17. The number of fused-ring (bicyclic) bond motifs is 1. The number of amides is 1. The third kappa shape index (κ3) is 3.33. The summed E-state index contributed by atoms with van der Waals surface area (Å²) in [5, 5.41) is 7.37. The lowest BCUT2D eigenvalue weighted by Crippen LogP contribution is -2.28. The first-order chi connectivity index (χ1) is 12.0. The summed E-state index contributed by atoms with van der Waals surface area (Å²) in [5.74, 6) is 0.623. The van der Waals surface area contributed by atoms with Gasteiger partial charge in [-0.3, -0.25) is 4.79 Å². The first-order valence-corrected chi connectivity index (χ1v) is 8.30. The molecule has 2 heterocycles. The van der Waals surface area contributed by atoms with Gasteiger partial charge in [-0.05, 0) is 44.0 Å². The minimum Gasteiger partial charge on any atom is -0.497 e. The van der Waals surface area contributed by atoms with Crippen molar-refractivity contribution in [3.63, 3.8) is 0 Å². The molecule has 0 aliphatic carbocycles. The molecule has 0 aliphatic heterocycles. The minimum atomic E-state index is -0.171. The molecule has 6 nitrogen and oxygen atoms in total. The van der Waals surface area contributed by atoms with Gasteiger partial charge < -0.3 is 10.1 Å². The summed E-state index contributed by atoms with van der Waals surface area (Å²) >= 11 is 0. The maximum absolute atomic E-state index is 12.8. The van der Waals surface area contributed by atoms with Gasteiger partial charge in [0.2, 0.25) is 0 Å². The average molecular weight is 338 g/mol. The quantitative estimate of drug-likeness (QED) is 0.775. The van der Waals surface area contributed by atoms with Gasteiger partial charge in [0.15, 0.2) is 5.65 Å². The monoisotopic (exact) mass is 338 g/mol. The zero-order valence-electron chi connectivity index (χ0n) is 14.9. The molecule has 6 heteroatoms. The first-order valence-electron chi connectivity index (χ1n) is 8.30. The van der Waals surface area contributed by atoms with Gasteiger partial charge in [0, 0.05) is 11.4 Å². The molecule has 2 aromatic heterocycles. The molecule has 3 rings (SSSR count). The Morgan fingerprint density at radius 1 is 1.28 bits per heavy atom. The Labute approximate surface area is 146 Å². The molecule has 1 N–H and O–H groups in total. The fraction of sp³-hybridized carbons (Fsp3) is 0.316. The van der Waals surface area contributed by atoms with E-state index in [1.165, 1.54) is 0 Å². The van der Waals surface area contributed by atoms with Gasteiger partial charge >= 0.3 is 0 Å². The van der Waals surface area contributed by atoms with Crippen molar-refractivity contribution in [3.8, 4) is 5.75 Å². The molecule has 130 valence electrons. The van der Waals surface area contributed by atoms with Gasteiger partial charge in [-0.15, -0.1) is 0 Å². The number of benzene rings is 1. The normalized spacial score (nSPS) is 12.2. The number of rotatable bonds is 5. The summed E-state index contributed by atoms with van der Waals surface area (Å²) in [4.78, 5) is 17.2. The lowest BCUT2D eigenvalue weighted by molar-refractivity contribution is 0.0937. The Hall–Kier alpha value is -2.89. The van der Waals surface area contributed by atoms with Crippen LogP contribution in [-0.4, -0.2) is 27.6 Å². The summed E-state index contributed by atoms with van der Waals surface area (Å²) in [6.45, 7) is 5.90. The van der Waals surface area contributed by atoms with E-state index in [0.29, 0.717) is 11.2 Å². The lowest BCUT2D eigenvalue weighted by atomic mass is 10.0. The third-order valence-corrected chi connectivity index (χ3v) is 4.25. The number of methoxy groups -OCH3 is 1. The van der Waals surface area contributed by atoms with Crippen LogP contribution in [0.2, 0.25) is 0 Å². The largest absolute Gasteiger partial charge is 0.497 e. The highest BCUT2D eigenvalue weighted by molar-refractivity contribution is 5.99. The molecule has 0 aliphatic rings. The van der Waals surface area contributed by atoms with Crippen LogP contribution in [0.25, 0.3) is 5.65 Å². The van der Waals surface area contributed by atoms with E-state index in [4.69, 9.17) is 4.74 Å². The standard InChI is InChI=1S/C19H22N4O2/c1-5-17(14-6-8-15(25-4)9-7-14)22-19(24)16-11-20-23-13(3)10-12(2)21-18(16)23/h6-11,17H,5H2,1-4H3,(H,22,24). The van der Waals surface area contributed by atoms with Crippen molar-refractivity contribution in [2.45, 2.75) is 33.2 Å². The molecule has 1 amide bonds. The summed E-state index contributed by atoms with van der Waals surface area (Å²) < 4.78 is 6.88. The predicted molar refractivity (Wildman–Crippen MR) is 96.0 cm³/mol. The Kier molecular flexibility index (Phi) is 4.70. The summed E-state index contributed by atoms with van der Waals surface area (Å²) in [5.41, 5.74) is 3.91. The second-order valence-electron chi connectivity index (χ2n) is 6.04. The van der Waals surface area contributed by atoms with Crippen molar-refractivity contribution in [3.05, 3.63) is 59.0 Å². The number of aryl methyl sites for hydroxylation is 2. The van der Waals surface area contributed by atoms with E-state index in [2.05, 4.69) is 15.4 Å². The molecule has 0 spiro atoms. The van der Waals surface area contributed by atoms with E-state index in [1.54, 1.807) is 17.8 Å². The molecular weight excluding hydrogens is 316 g/mol. The summed E-state index contributed by atoms with van der Waals surface area (Å²) in [7, 11) is 1.64. The van der Waals surface area contributed by atoms with Gasteiger partial charge in [0.1, 0.15) is 11.3 Å². The zero-order valence-corrected chi connectivity index (χ0v) is 14.9. The molecule has 0 saturated carbocycles. The highest BCUT2D eigenvalue weighted by atomic mass is 16.5. The van der Waals surface area contributed by atoms with Crippen LogP contribution in [0.4, 0.5) is 0 Å². The van der Waals surface area contributed by atoms with E-state index in [-0.39, 0.29) is 11.9 Å². The van der Waals surface area contributed by atoms with Gasteiger partial charge in [0.25, 0.3) is 5.91 Å². The van der Waals surface area contributed by atoms with Crippen molar-refractivity contribution in [1.29, 1.82) is 0 Å². The van der Waals surface area contributed by atoms with Crippen LogP contribution >= 0.6 is 0 Å². The SMILES string of the molecule is CCC(NC(=O)c1cnn2c(C)cc(C)nc12)c1ccc(OC)cc1. The highest BCUT2D eigenvalue weighted by Crippen LogP contribution is 2.21. The second-order valence-corrected chi connectivity index (χ2v) is 6.04. The van der Waals surface area contributed by atoms with Crippen LogP contribution < -0.4 is 10.1 Å². The van der Waals surface area contributed by atoms with Crippen molar-refractivity contribution in [2.75, 3.05) is 7.11 Å². The summed E-state index contributed by atoms with van der Waals surface area (Å²) in [6, 6.07) is 9.58. The van der Waals surface area contributed by atoms with Gasteiger partial charge in [0.05, 0.1) is 19.3 Å². The molecular formula is C19H22N4O2. The van der Waals surface area contributed by atoms with E-state index in [0.717, 1.165) is 29.1 Å². The number of nitrogens with zero attached hydrogens (tertiary/aromatic N) is 3. The van der Waals surface area contributed by atoms with Crippen LogP contribution in [0, 0.1) is 13.8 Å². The number of carbonyl (C=O) groups excluding carboxylic acids is 1. The Bertz CT molecular complexity index is 900. The van der Waals surface area contributed by atoms with Crippen LogP contribution in [0.5, 0.6) is 5.75 Å². The Morgan fingerprint density at radius 3 is 2.64 bits per heavy atom.